The fourth-order valence-electron chi connectivity index (χ4n) is 10.5. The number of nitrogen functional groups attached to an aromatic ring is 1. The highest BCUT2D eigenvalue weighted by Gasteiger charge is 2.35. The first-order valence-corrected chi connectivity index (χ1v) is 31.4. The van der Waals surface area contributed by atoms with Crippen LogP contribution in [0.25, 0.3) is 66.9 Å². The molecular formula is C77H71N11O10. The Bertz CT molecular complexity index is 4640. The fraction of sp³-hybridized carbons (Fsp3) is 0.156. The molecule has 0 saturated carbocycles. The van der Waals surface area contributed by atoms with E-state index in [0.717, 1.165) is 52.5 Å². The summed E-state index contributed by atoms with van der Waals surface area (Å²) in [6.45, 7) is 7.27. The van der Waals surface area contributed by atoms with Crippen LogP contribution < -0.4 is 16.4 Å². The van der Waals surface area contributed by atoms with Crippen LogP contribution in [0, 0.1) is 0 Å². The van der Waals surface area contributed by atoms with Gasteiger partial charge in [0.1, 0.15) is 12.2 Å². The highest BCUT2D eigenvalue weighted by Crippen LogP contribution is 2.32. The number of ether oxygens (including phenoxy) is 3. The second-order valence-electron chi connectivity index (χ2n) is 21.8. The van der Waals surface area contributed by atoms with Crippen LogP contribution in [-0.2, 0) is 19.0 Å². The molecule has 21 heteroatoms. The van der Waals surface area contributed by atoms with Crippen LogP contribution in [0.2, 0.25) is 0 Å². The van der Waals surface area contributed by atoms with Gasteiger partial charge < -0.3 is 35.7 Å². The number of carboxylic acid groups (broad SMARTS) is 1. The van der Waals surface area contributed by atoms with E-state index in [4.69, 9.17) is 20.2 Å². The van der Waals surface area contributed by atoms with Crippen molar-refractivity contribution in [3.05, 3.63) is 271 Å². The minimum atomic E-state index is -0.989. The maximum atomic E-state index is 13.3. The summed E-state index contributed by atoms with van der Waals surface area (Å²) >= 11 is 0. The summed E-state index contributed by atoms with van der Waals surface area (Å²) in [5.41, 5.74) is 14.9. The number of amides is 2. The number of carbonyl (C=O) groups is 6. The number of likely N-dealkylation sites (tertiary alicyclic amines) is 1. The maximum absolute atomic E-state index is 13.3. The first-order valence-electron chi connectivity index (χ1n) is 31.4. The number of rotatable bonds is 17. The molecule has 494 valence electrons. The van der Waals surface area contributed by atoms with Gasteiger partial charge in [-0.1, -0.05) is 152 Å². The molecule has 2 amide bonds. The number of esters is 2. The minimum Gasteiger partial charge on any atom is -0.478 e. The van der Waals surface area contributed by atoms with Crippen molar-refractivity contribution in [2.24, 2.45) is 0 Å². The smallest absolute Gasteiger partial charge is 0.340 e. The number of anilines is 2. The number of methoxy groups -OCH3 is 1. The molecule has 1 aliphatic rings. The summed E-state index contributed by atoms with van der Waals surface area (Å²) < 4.78 is 15.1. The average Bonchev–Trinajstić information content (AvgIpc) is 0.943. The Labute approximate surface area is 565 Å². The lowest BCUT2D eigenvalue weighted by Crippen LogP contribution is -2.42. The minimum absolute atomic E-state index is 0.0236. The summed E-state index contributed by atoms with van der Waals surface area (Å²) in [6, 6.07) is 67.2. The third-order valence-corrected chi connectivity index (χ3v) is 15.1. The molecule has 8 heterocycles. The Morgan fingerprint density at radius 1 is 0.561 bits per heavy atom. The van der Waals surface area contributed by atoms with Gasteiger partial charge in [-0.3, -0.25) is 19.3 Å². The standard InChI is InChI=1S/C28H29N5O2.C17H14N2O2.C15H10N2O2.C11H12O3.C6H6N2O/c1-35-16-15-33-18-23(20-9-4-2-5-10-20)25(19-33)31-28(34)30-24-17-22-13-8-14-29-27(22)32-26(24)21-11-6-3-7-12-21;1-2-21-17(20)14-11-13-9-6-10-18-16(13)19-15(14)12-7-4-3-5-8-12;18-15(19)12-9-11-7-4-8-16-14(11)17-13(12)10-5-2-1-3-6-10;1-2-14-11(13)8-10(12)9-6-4-3-5-7-9;7-6-5(4-9)2-1-3-8-6/h2-14,17,23,25H,15-16,18-19H2,1H3,(H2,30,31,34);3-11H,2H2,1H3;1-9H,(H,18,19);3-7H,2,8H2,1H3;1-4H,(H2,7,8)/t23-,25+;;;;/m0..../s1. The second-order valence-corrected chi connectivity index (χ2v) is 21.8. The van der Waals surface area contributed by atoms with Crippen molar-refractivity contribution in [1.82, 2.24) is 45.1 Å². The third-order valence-electron chi connectivity index (χ3n) is 15.1. The van der Waals surface area contributed by atoms with E-state index in [1.165, 1.54) is 5.56 Å². The van der Waals surface area contributed by atoms with Crippen LogP contribution >= 0.6 is 0 Å². The molecule has 5 N–H and O–H groups in total. The number of urea groups is 1. The number of benzene rings is 5. The monoisotopic (exact) mass is 1310 g/mol. The molecule has 12 aromatic rings. The number of carbonyl (C=O) groups excluding carboxylic acids is 5. The molecule has 0 aliphatic carbocycles. The molecule has 1 aliphatic heterocycles. The number of nitrogens with zero attached hydrogens (tertiary/aromatic N) is 8. The lowest BCUT2D eigenvalue weighted by Gasteiger charge is -2.21. The van der Waals surface area contributed by atoms with Crippen LogP contribution in [0.5, 0.6) is 0 Å². The Balaban J connectivity index is 0.000000154. The van der Waals surface area contributed by atoms with E-state index in [2.05, 4.69) is 62.3 Å². The van der Waals surface area contributed by atoms with Gasteiger partial charge in [0, 0.05) is 95.9 Å². The van der Waals surface area contributed by atoms with E-state index in [0.29, 0.717) is 82.5 Å². The maximum Gasteiger partial charge on any atom is 0.340 e. The Morgan fingerprint density at radius 3 is 1.53 bits per heavy atom. The Morgan fingerprint density at radius 2 is 1.03 bits per heavy atom. The van der Waals surface area contributed by atoms with E-state index in [1.54, 1.807) is 106 Å². The van der Waals surface area contributed by atoms with E-state index in [1.807, 2.05) is 146 Å². The molecule has 1 fully saturated rings. The van der Waals surface area contributed by atoms with Crippen LogP contribution in [0.4, 0.5) is 16.3 Å². The second kappa shape index (κ2) is 35.8. The molecule has 13 rings (SSSR count). The predicted molar refractivity (Wildman–Crippen MR) is 377 cm³/mol. The lowest BCUT2D eigenvalue weighted by atomic mass is 9.94. The summed E-state index contributed by atoms with van der Waals surface area (Å²) in [7, 11) is 1.71. The van der Waals surface area contributed by atoms with Gasteiger partial charge in [0.05, 0.1) is 65.3 Å². The zero-order valence-corrected chi connectivity index (χ0v) is 54.1. The summed E-state index contributed by atoms with van der Waals surface area (Å²) in [4.78, 5) is 102. The van der Waals surface area contributed by atoms with Crippen molar-refractivity contribution in [1.29, 1.82) is 0 Å². The van der Waals surface area contributed by atoms with Crippen molar-refractivity contribution in [2.75, 3.05) is 57.6 Å². The first kappa shape index (κ1) is 70.0. The van der Waals surface area contributed by atoms with Crippen LogP contribution in [0.1, 0.15) is 73.2 Å². The first-order chi connectivity index (χ1) is 47.8. The number of pyridine rings is 7. The van der Waals surface area contributed by atoms with E-state index in [9.17, 15) is 33.9 Å². The molecular weight excluding hydrogens is 1240 g/mol. The SMILES string of the molecule is CCOC(=O)CC(=O)c1ccccc1.CCOC(=O)c1cc2cccnc2nc1-c1ccccc1.COCCN1C[C@@H](NC(=O)Nc2cc3cccnc3nc2-c2ccccc2)[C@H](c2ccccc2)C1.Nc1ncccc1C=O.O=C(O)c1cc2cccnc2nc1-c1ccccc1. The number of carboxylic acids is 1. The molecule has 0 radical (unpaired) electrons. The number of aromatic carboxylic acids is 1. The summed E-state index contributed by atoms with van der Waals surface area (Å²) in [5.74, 6) is -1.55. The van der Waals surface area contributed by atoms with Gasteiger partial charge in [0.25, 0.3) is 0 Å². The molecule has 21 nitrogen and oxygen atoms in total. The van der Waals surface area contributed by atoms with E-state index >= 15 is 0 Å². The molecule has 0 bridgehead atoms. The number of ketones is 1. The van der Waals surface area contributed by atoms with Gasteiger partial charge in [-0.2, -0.15) is 0 Å². The molecule has 7 aromatic heterocycles. The van der Waals surface area contributed by atoms with Crippen molar-refractivity contribution in [2.45, 2.75) is 32.2 Å². The Hall–Kier alpha value is -12.3. The number of fused-ring (bicyclic) bond motifs is 3. The normalized spacial score (nSPS) is 12.9. The van der Waals surface area contributed by atoms with Crippen LogP contribution in [0.15, 0.2) is 243 Å². The average molecular weight is 1310 g/mol. The van der Waals surface area contributed by atoms with Gasteiger partial charge in [0.2, 0.25) is 0 Å². The van der Waals surface area contributed by atoms with Gasteiger partial charge >= 0.3 is 23.9 Å². The Kier molecular flexibility index (Phi) is 25.6. The topological polar surface area (TPSA) is 294 Å². The van der Waals surface area contributed by atoms with E-state index < -0.39 is 11.9 Å². The number of nitrogens with one attached hydrogen (secondary N) is 2. The number of Topliss-reactive ketones (excluding diaryl/α,β-unsaturated/α-hetero) is 1. The number of hydrogen-bond acceptors (Lipinski definition) is 18. The van der Waals surface area contributed by atoms with Gasteiger partial charge in [0.15, 0.2) is 29.0 Å². The van der Waals surface area contributed by atoms with Crippen LogP contribution in [0.3, 0.4) is 0 Å². The molecule has 0 unspecified atom stereocenters. The zero-order chi connectivity index (χ0) is 69.0. The summed E-state index contributed by atoms with van der Waals surface area (Å²) in [5, 5.41) is 18.0. The summed E-state index contributed by atoms with van der Waals surface area (Å²) in [6.07, 6.45) is 7.10. The highest BCUT2D eigenvalue weighted by molar-refractivity contribution is 6.06. The molecule has 0 spiro atoms. The number of hydrogen-bond donors (Lipinski definition) is 4. The van der Waals surface area contributed by atoms with Crippen molar-refractivity contribution in [3.8, 4) is 33.8 Å². The number of aldehydes is 1. The lowest BCUT2D eigenvalue weighted by molar-refractivity contribution is -0.142. The van der Waals surface area contributed by atoms with Crippen molar-refractivity contribution < 1.29 is 48.1 Å². The number of aromatic nitrogens is 7. The van der Waals surface area contributed by atoms with Gasteiger partial charge in [-0.25, -0.2) is 49.3 Å². The van der Waals surface area contributed by atoms with Crippen LogP contribution in [-0.4, -0.2) is 134 Å². The largest absolute Gasteiger partial charge is 0.478 e. The van der Waals surface area contributed by atoms with Crippen molar-refractivity contribution >= 4 is 80.6 Å². The van der Waals surface area contributed by atoms with Gasteiger partial charge in [-0.05, 0) is 86.1 Å². The van der Waals surface area contributed by atoms with Gasteiger partial charge in [-0.15, -0.1) is 0 Å². The fourth-order valence-corrected chi connectivity index (χ4v) is 10.5. The highest BCUT2D eigenvalue weighted by atomic mass is 16.5. The molecule has 5 aromatic carbocycles. The predicted octanol–water partition coefficient (Wildman–Crippen LogP) is 13.3. The van der Waals surface area contributed by atoms with E-state index in [-0.39, 0.29) is 47.5 Å². The quantitative estimate of drug-likeness (QED) is 0.0285. The molecule has 1 saturated heterocycles. The molecule has 98 heavy (non-hydrogen) atoms. The third kappa shape index (κ3) is 19.4. The molecule has 2 atom stereocenters. The zero-order valence-electron chi connectivity index (χ0n) is 54.1. The number of nitrogens with two attached hydrogens (primary N) is 1. The van der Waals surface area contributed by atoms with Crippen molar-refractivity contribution in [3.63, 3.8) is 0 Å².